The Kier molecular flexibility index (Phi) is 7.21. The topological polar surface area (TPSA) is 98.1 Å². The average Bonchev–Trinajstić information content (AvgIpc) is 2.90. The first-order chi connectivity index (χ1) is 13.9. The number of aliphatic hydroxyl groups is 1. The van der Waals surface area contributed by atoms with Crippen molar-refractivity contribution in [3.63, 3.8) is 0 Å². The first kappa shape index (κ1) is 23.8. The van der Waals surface area contributed by atoms with Crippen LogP contribution in [0.2, 0.25) is 0 Å². The molecule has 3 rings (SSSR count). The standard InChI is InChI=1S/C19H26FNO.C4H4O4/c1-5-13-6-7-16(20)15-12-18(2,3)19(22,17(13)15)14-8-10-21(4)11-9-14;5-3(6)1-2-4(7)8/h5-7,14,22H,1,8-12H2,2-4H3;1-2H,(H,5,6)(H,7,8)/b;2-1+. The minimum absolute atomic E-state index is 0.167. The molecule has 1 aromatic rings. The maximum absolute atomic E-state index is 14.4. The highest BCUT2D eigenvalue weighted by Crippen LogP contribution is 2.57. The van der Waals surface area contributed by atoms with Gasteiger partial charge in [-0.3, -0.25) is 0 Å². The lowest BCUT2D eigenvalue weighted by Gasteiger charge is -2.47. The summed E-state index contributed by atoms with van der Waals surface area (Å²) < 4.78 is 14.4. The second kappa shape index (κ2) is 9.10. The van der Waals surface area contributed by atoms with E-state index in [0.717, 1.165) is 37.1 Å². The molecule has 3 N–H and O–H groups in total. The predicted octanol–water partition coefficient (Wildman–Crippen LogP) is 3.29. The predicted molar refractivity (Wildman–Crippen MR) is 113 cm³/mol. The Labute approximate surface area is 176 Å². The van der Waals surface area contributed by atoms with Gasteiger partial charge in [0, 0.05) is 17.6 Å². The number of halogens is 1. The largest absolute Gasteiger partial charge is 0.478 e. The second-order valence-electron chi connectivity index (χ2n) is 8.61. The van der Waals surface area contributed by atoms with Crippen molar-refractivity contribution < 1.29 is 29.3 Å². The Morgan fingerprint density at radius 1 is 1.17 bits per heavy atom. The van der Waals surface area contributed by atoms with Crippen LogP contribution in [0.4, 0.5) is 4.39 Å². The van der Waals surface area contributed by atoms with Crippen LogP contribution < -0.4 is 0 Å². The third-order valence-corrected chi connectivity index (χ3v) is 6.22. The fourth-order valence-electron chi connectivity index (χ4n) is 4.67. The fraction of sp³-hybridized carbons (Fsp3) is 0.478. The molecule has 6 nitrogen and oxygen atoms in total. The molecule has 0 amide bonds. The van der Waals surface area contributed by atoms with E-state index in [1.54, 1.807) is 12.1 Å². The first-order valence-electron chi connectivity index (χ1n) is 9.93. The van der Waals surface area contributed by atoms with E-state index < -0.39 is 17.5 Å². The van der Waals surface area contributed by atoms with Crippen molar-refractivity contribution in [2.45, 2.75) is 38.7 Å². The molecule has 7 heteroatoms. The molecule has 1 aliphatic carbocycles. The van der Waals surface area contributed by atoms with Gasteiger partial charge in [0.15, 0.2) is 0 Å². The van der Waals surface area contributed by atoms with E-state index in [1.165, 1.54) is 6.07 Å². The van der Waals surface area contributed by atoms with Crippen LogP contribution in [0.1, 0.15) is 43.4 Å². The lowest BCUT2D eigenvalue weighted by atomic mass is 9.65. The molecule has 1 unspecified atom stereocenters. The molecule has 30 heavy (non-hydrogen) atoms. The molecule has 1 aromatic carbocycles. The highest BCUT2D eigenvalue weighted by Gasteiger charge is 2.57. The first-order valence-corrected chi connectivity index (χ1v) is 9.93. The fourth-order valence-corrected chi connectivity index (χ4v) is 4.67. The summed E-state index contributed by atoms with van der Waals surface area (Å²) in [7, 11) is 2.11. The number of hydrogen-bond acceptors (Lipinski definition) is 4. The van der Waals surface area contributed by atoms with Gasteiger partial charge in [0.25, 0.3) is 0 Å². The van der Waals surface area contributed by atoms with Gasteiger partial charge < -0.3 is 20.2 Å². The molecule has 2 aliphatic rings. The molecule has 0 aromatic heterocycles. The Hall–Kier alpha value is -2.51. The number of carboxylic acid groups (broad SMARTS) is 2. The van der Waals surface area contributed by atoms with Crippen molar-refractivity contribution in [3.8, 4) is 0 Å². The number of nitrogens with zero attached hydrogens (tertiary/aromatic N) is 1. The van der Waals surface area contributed by atoms with Crippen molar-refractivity contribution >= 4 is 18.0 Å². The summed E-state index contributed by atoms with van der Waals surface area (Å²) in [5.41, 5.74) is 1.01. The molecule has 1 atom stereocenters. The van der Waals surface area contributed by atoms with Gasteiger partial charge in [-0.15, -0.1) is 0 Å². The van der Waals surface area contributed by atoms with Crippen molar-refractivity contribution in [3.05, 3.63) is 53.4 Å². The minimum atomic E-state index is -1.26. The molecule has 1 aliphatic heterocycles. The van der Waals surface area contributed by atoms with E-state index in [9.17, 15) is 19.1 Å². The van der Waals surface area contributed by atoms with Gasteiger partial charge >= 0.3 is 11.9 Å². The van der Waals surface area contributed by atoms with Crippen molar-refractivity contribution in [2.24, 2.45) is 11.3 Å². The van der Waals surface area contributed by atoms with Crippen LogP contribution in [-0.2, 0) is 21.6 Å². The van der Waals surface area contributed by atoms with Gasteiger partial charge in [-0.25, -0.2) is 14.0 Å². The van der Waals surface area contributed by atoms with Gasteiger partial charge in [-0.1, -0.05) is 32.6 Å². The van der Waals surface area contributed by atoms with E-state index >= 15 is 0 Å². The second-order valence-corrected chi connectivity index (χ2v) is 8.61. The van der Waals surface area contributed by atoms with E-state index in [0.29, 0.717) is 24.1 Å². The molecule has 1 heterocycles. The SMILES string of the molecule is C=Cc1ccc(F)c2c1C(O)(C1CCN(C)CC1)C(C)(C)C2.O=C(O)/C=C/C(=O)O. The summed E-state index contributed by atoms with van der Waals surface area (Å²) in [5, 5.41) is 27.4. The maximum Gasteiger partial charge on any atom is 0.328 e. The normalized spacial score (nSPS) is 23.5. The lowest BCUT2D eigenvalue weighted by molar-refractivity contribution is -0.134. The van der Waals surface area contributed by atoms with E-state index in [2.05, 4.69) is 32.4 Å². The zero-order chi connectivity index (χ0) is 22.7. The highest BCUT2D eigenvalue weighted by molar-refractivity contribution is 5.89. The van der Waals surface area contributed by atoms with Gasteiger partial charge in [0.05, 0.1) is 5.60 Å². The summed E-state index contributed by atoms with van der Waals surface area (Å²) in [6.45, 7) is 9.97. The van der Waals surface area contributed by atoms with Gasteiger partial charge in [0.1, 0.15) is 5.82 Å². The molecule has 0 spiro atoms. The van der Waals surface area contributed by atoms with E-state index in [-0.39, 0.29) is 17.2 Å². The van der Waals surface area contributed by atoms with Crippen LogP contribution in [0.25, 0.3) is 6.08 Å². The quantitative estimate of drug-likeness (QED) is 0.648. The smallest absolute Gasteiger partial charge is 0.328 e. The summed E-state index contributed by atoms with van der Waals surface area (Å²) in [5.74, 6) is -2.54. The number of rotatable bonds is 4. The number of fused-ring (bicyclic) bond motifs is 1. The van der Waals surface area contributed by atoms with E-state index in [1.807, 2.05) is 0 Å². The molecular formula is C23H30FNO5. The number of likely N-dealkylation sites (tertiary alicyclic amines) is 1. The van der Waals surface area contributed by atoms with Crippen LogP contribution >= 0.6 is 0 Å². The third kappa shape index (κ3) is 4.63. The van der Waals surface area contributed by atoms with Gasteiger partial charge in [-0.05, 0) is 68.1 Å². The third-order valence-electron chi connectivity index (χ3n) is 6.22. The average molecular weight is 419 g/mol. The summed E-state index contributed by atoms with van der Waals surface area (Å²) >= 11 is 0. The van der Waals surface area contributed by atoms with Gasteiger partial charge in [-0.2, -0.15) is 0 Å². The Morgan fingerprint density at radius 3 is 2.17 bits per heavy atom. The van der Waals surface area contributed by atoms with Crippen molar-refractivity contribution in [2.75, 3.05) is 20.1 Å². The number of carbonyl (C=O) groups is 2. The number of piperidine rings is 1. The van der Waals surface area contributed by atoms with Crippen LogP contribution in [0.5, 0.6) is 0 Å². The molecule has 1 fully saturated rings. The van der Waals surface area contributed by atoms with E-state index in [4.69, 9.17) is 10.2 Å². The Bertz CT molecular complexity index is 839. The Balaban J connectivity index is 0.000000343. The summed E-state index contributed by atoms with van der Waals surface area (Å²) in [6.07, 6.45) is 5.34. The van der Waals surface area contributed by atoms with Crippen LogP contribution in [0.15, 0.2) is 30.9 Å². The summed E-state index contributed by atoms with van der Waals surface area (Å²) in [4.78, 5) is 21.4. The molecular weight excluding hydrogens is 389 g/mol. The minimum Gasteiger partial charge on any atom is -0.478 e. The number of aliphatic carboxylic acids is 2. The van der Waals surface area contributed by atoms with Crippen LogP contribution in [0.3, 0.4) is 0 Å². The number of hydrogen-bond donors (Lipinski definition) is 3. The number of benzene rings is 1. The summed E-state index contributed by atoms with van der Waals surface area (Å²) in [6, 6.07) is 3.26. The lowest BCUT2D eigenvalue weighted by Crippen LogP contribution is -2.49. The van der Waals surface area contributed by atoms with Crippen LogP contribution in [0, 0.1) is 17.2 Å². The zero-order valence-electron chi connectivity index (χ0n) is 17.7. The monoisotopic (exact) mass is 419 g/mol. The number of carboxylic acids is 2. The zero-order valence-corrected chi connectivity index (χ0v) is 17.7. The van der Waals surface area contributed by atoms with Crippen molar-refractivity contribution in [1.29, 1.82) is 0 Å². The van der Waals surface area contributed by atoms with Crippen molar-refractivity contribution in [1.82, 2.24) is 4.90 Å². The maximum atomic E-state index is 14.4. The Morgan fingerprint density at radius 2 is 1.70 bits per heavy atom. The van der Waals surface area contributed by atoms with Crippen LogP contribution in [-0.4, -0.2) is 52.3 Å². The molecule has 0 radical (unpaired) electrons. The van der Waals surface area contributed by atoms with Gasteiger partial charge in [0.2, 0.25) is 0 Å². The molecule has 0 saturated carbocycles. The molecule has 164 valence electrons. The highest BCUT2D eigenvalue weighted by atomic mass is 19.1. The molecule has 0 bridgehead atoms. The molecule has 1 saturated heterocycles.